The van der Waals surface area contributed by atoms with Crippen LogP contribution in [0.2, 0.25) is 0 Å². The van der Waals surface area contributed by atoms with Crippen LogP contribution >= 0.6 is 0 Å². The van der Waals surface area contributed by atoms with Gasteiger partial charge in [-0.2, -0.15) is 0 Å². The number of rotatable bonds is 5. The Morgan fingerprint density at radius 1 is 1.42 bits per heavy atom. The van der Waals surface area contributed by atoms with Gasteiger partial charge in [-0.3, -0.25) is 9.69 Å². The van der Waals surface area contributed by atoms with Crippen molar-refractivity contribution in [3.8, 4) is 5.75 Å². The average molecular weight is 263 g/mol. The second-order valence-electron chi connectivity index (χ2n) is 4.95. The first-order chi connectivity index (χ1) is 9.13. The Hall–Kier alpha value is -1.39. The number of carbonyl (C=O) groups excluding carboxylic acids is 1. The molecule has 0 amide bonds. The molecule has 2 rings (SSSR count). The van der Waals surface area contributed by atoms with Crippen LogP contribution in [0, 0.1) is 0 Å². The maximum Gasteiger partial charge on any atom is 0.179 e. The number of nitrogens with zero attached hydrogens (tertiary/aromatic N) is 1. The number of likely N-dealkylation sites (N-methyl/N-ethyl adjacent to an activating group) is 1. The molecule has 19 heavy (non-hydrogen) atoms. The molecule has 0 aromatic heterocycles. The van der Waals surface area contributed by atoms with E-state index >= 15 is 0 Å². The van der Waals surface area contributed by atoms with Crippen molar-refractivity contribution in [2.24, 2.45) is 0 Å². The van der Waals surface area contributed by atoms with Crippen LogP contribution in [0.15, 0.2) is 24.3 Å². The molecular formula is C15H21NO3. The summed E-state index contributed by atoms with van der Waals surface area (Å²) in [5.74, 6) is 0.902. The lowest BCUT2D eigenvalue weighted by atomic mass is 10.0. The Bertz CT molecular complexity index is 424. The normalized spacial score (nSPS) is 20.5. The highest BCUT2D eigenvalue weighted by molar-refractivity contribution is 5.99. The van der Waals surface area contributed by atoms with Gasteiger partial charge >= 0.3 is 0 Å². The Morgan fingerprint density at radius 2 is 2.11 bits per heavy atom. The SMILES string of the molecule is COc1ccc(C(=O)C(C)N(C)C2CCOC2)cc1. The smallest absolute Gasteiger partial charge is 0.179 e. The highest BCUT2D eigenvalue weighted by atomic mass is 16.5. The van der Waals surface area contributed by atoms with Gasteiger partial charge in [-0.1, -0.05) is 0 Å². The van der Waals surface area contributed by atoms with E-state index in [2.05, 4.69) is 4.90 Å². The fourth-order valence-electron chi connectivity index (χ4n) is 2.34. The molecular weight excluding hydrogens is 242 g/mol. The van der Waals surface area contributed by atoms with E-state index in [1.54, 1.807) is 7.11 Å². The second-order valence-corrected chi connectivity index (χ2v) is 4.95. The van der Waals surface area contributed by atoms with Gasteiger partial charge in [0, 0.05) is 18.2 Å². The standard InChI is InChI=1S/C15H21NO3/c1-11(16(2)13-8-9-19-10-13)15(17)12-4-6-14(18-3)7-5-12/h4-7,11,13H,8-10H2,1-3H3. The number of carbonyl (C=O) groups is 1. The molecule has 0 aliphatic carbocycles. The molecule has 2 atom stereocenters. The molecule has 104 valence electrons. The molecule has 0 spiro atoms. The summed E-state index contributed by atoms with van der Waals surface area (Å²) < 4.78 is 10.5. The number of methoxy groups -OCH3 is 1. The molecule has 1 fully saturated rings. The van der Waals surface area contributed by atoms with Gasteiger partial charge in [-0.15, -0.1) is 0 Å². The molecule has 0 radical (unpaired) electrons. The maximum absolute atomic E-state index is 12.4. The first-order valence-electron chi connectivity index (χ1n) is 6.61. The van der Waals surface area contributed by atoms with Crippen LogP contribution in [-0.4, -0.2) is 50.1 Å². The largest absolute Gasteiger partial charge is 0.497 e. The molecule has 1 aliphatic heterocycles. The van der Waals surface area contributed by atoms with Crippen molar-refractivity contribution in [3.63, 3.8) is 0 Å². The van der Waals surface area contributed by atoms with Crippen molar-refractivity contribution < 1.29 is 14.3 Å². The number of Topliss-reactive ketones (excluding diaryl/α,β-unsaturated/α-hetero) is 1. The molecule has 4 nitrogen and oxygen atoms in total. The molecule has 4 heteroatoms. The van der Waals surface area contributed by atoms with Gasteiger partial charge in [0.15, 0.2) is 5.78 Å². The van der Waals surface area contributed by atoms with E-state index in [0.717, 1.165) is 30.9 Å². The van der Waals surface area contributed by atoms with Gasteiger partial charge in [0.2, 0.25) is 0 Å². The van der Waals surface area contributed by atoms with Crippen molar-refractivity contribution in [1.82, 2.24) is 4.90 Å². The third-order valence-electron chi connectivity index (χ3n) is 3.85. The number of hydrogen-bond acceptors (Lipinski definition) is 4. The Morgan fingerprint density at radius 3 is 2.63 bits per heavy atom. The van der Waals surface area contributed by atoms with Gasteiger partial charge in [-0.25, -0.2) is 0 Å². The zero-order valence-electron chi connectivity index (χ0n) is 11.8. The molecule has 1 aromatic rings. The van der Waals surface area contributed by atoms with Crippen molar-refractivity contribution in [2.75, 3.05) is 27.4 Å². The van der Waals surface area contributed by atoms with Crippen LogP contribution in [0.5, 0.6) is 5.75 Å². The Kier molecular flexibility index (Phi) is 4.56. The summed E-state index contributed by atoms with van der Waals surface area (Å²) in [6.07, 6.45) is 0.997. The summed E-state index contributed by atoms with van der Waals surface area (Å²) in [4.78, 5) is 14.5. The molecule has 1 saturated heterocycles. The second kappa shape index (κ2) is 6.17. The highest BCUT2D eigenvalue weighted by Gasteiger charge is 2.28. The van der Waals surface area contributed by atoms with Crippen molar-refractivity contribution in [3.05, 3.63) is 29.8 Å². The summed E-state index contributed by atoms with van der Waals surface area (Å²) >= 11 is 0. The zero-order chi connectivity index (χ0) is 13.8. The van der Waals surface area contributed by atoms with E-state index in [1.165, 1.54) is 0 Å². The minimum Gasteiger partial charge on any atom is -0.497 e. The summed E-state index contributed by atoms with van der Waals surface area (Å²) in [5.41, 5.74) is 0.721. The number of hydrogen-bond donors (Lipinski definition) is 0. The first kappa shape index (κ1) is 14.0. The number of benzene rings is 1. The zero-order valence-corrected chi connectivity index (χ0v) is 11.8. The molecule has 0 bridgehead atoms. The molecule has 0 saturated carbocycles. The van der Waals surface area contributed by atoms with E-state index < -0.39 is 0 Å². The molecule has 0 N–H and O–H groups in total. The van der Waals surface area contributed by atoms with Gasteiger partial charge in [0.05, 0.1) is 19.8 Å². The van der Waals surface area contributed by atoms with Crippen LogP contribution in [0.3, 0.4) is 0 Å². The topological polar surface area (TPSA) is 38.8 Å². The van der Waals surface area contributed by atoms with Gasteiger partial charge < -0.3 is 9.47 Å². The predicted molar refractivity (Wildman–Crippen MR) is 73.8 cm³/mol. The third kappa shape index (κ3) is 3.14. The number of ether oxygens (including phenoxy) is 2. The lowest BCUT2D eigenvalue weighted by molar-refractivity contribution is 0.0795. The summed E-state index contributed by atoms with van der Waals surface area (Å²) in [7, 11) is 3.61. The Balaban J connectivity index is 2.04. The lowest BCUT2D eigenvalue weighted by Crippen LogP contribution is -2.43. The molecule has 1 aliphatic rings. The van der Waals surface area contributed by atoms with Crippen LogP contribution in [-0.2, 0) is 4.74 Å². The lowest BCUT2D eigenvalue weighted by Gasteiger charge is -2.28. The van der Waals surface area contributed by atoms with E-state index in [1.807, 2.05) is 38.2 Å². The monoisotopic (exact) mass is 263 g/mol. The average Bonchev–Trinajstić information content (AvgIpc) is 2.99. The van der Waals surface area contributed by atoms with E-state index in [0.29, 0.717) is 6.04 Å². The van der Waals surface area contributed by atoms with Gasteiger partial charge in [0.25, 0.3) is 0 Å². The summed E-state index contributed by atoms with van der Waals surface area (Å²) in [6.45, 7) is 3.46. The van der Waals surface area contributed by atoms with Crippen molar-refractivity contribution >= 4 is 5.78 Å². The molecule has 1 aromatic carbocycles. The van der Waals surface area contributed by atoms with Crippen LogP contribution in [0.4, 0.5) is 0 Å². The maximum atomic E-state index is 12.4. The quantitative estimate of drug-likeness (QED) is 0.762. The van der Waals surface area contributed by atoms with Crippen molar-refractivity contribution in [1.29, 1.82) is 0 Å². The van der Waals surface area contributed by atoms with Gasteiger partial charge in [0.1, 0.15) is 5.75 Å². The van der Waals surface area contributed by atoms with Gasteiger partial charge in [-0.05, 0) is 44.7 Å². The fourth-order valence-corrected chi connectivity index (χ4v) is 2.34. The predicted octanol–water partition coefficient (Wildman–Crippen LogP) is 1.99. The molecule has 1 heterocycles. The number of ketones is 1. The van der Waals surface area contributed by atoms with Crippen LogP contribution in [0.1, 0.15) is 23.7 Å². The first-order valence-corrected chi connectivity index (χ1v) is 6.61. The minimum absolute atomic E-state index is 0.136. The molecule has 2 unspecified atom stereocenters. The van der Waals surface area contributed by atoms with Crippen molar-refractivity contribution in [2.45, 2.75) is 25.4 Å². The van der Waals surface area contributed by atoms with Crippen LogP contribution in [0.25, 0.3) is 0 Å². The van der Waals surface area contributed by atoms with E-state index in [4.69, 9.17) is 9.47 Å². The highest BCUT2D eigenvalue weighted by Crippen LogP contribution is 2.18. The fraction of sp³-hybridized carbons (Fsp3) is 0.533. The van der Waals surface area contributed by atoms with Crippen LogP contribution < -0.4 is 4.74 Å². The Labute approximate surface area is 114 Å². The summed E-state index contributed by atoms with van der Waals surface area (Å²) in [5, 5.41) is 0. The third-order valence-corrected chi connectivity index (χ3v) is 3.85. The minimum atomic E-state index is -0.139. The van der Waals surface area contributed by atoms with E-state index in [9.17, 15) is 4.79 Å². The summed E-state index contributed by atoms with van der Waals surface area (Å²) in [6, 6.07) is 7.47. The van der Waals surface area contributed by atoms with E-state index in [-0.39, 0.29) is 11.8 Å².